The van der Waals surface area contributed by atoms with E-state index in [1.807, 2.05) is 108 Å². The fourth-order valence-corrected chi connectivity index (χ4v) is 7.66. The molecule has 2 aliphatic heterocycles. The Balaban J connectivity index is 1.68. The Morgan fingerprint density at radius 3 is 1.41 bits per heavy atom. The molecule has 0 radical (unpaired) electrons. The fourth-order valence-electron chi connectivity index (χ4n) is 5.37. The molecule has 4 aromatic carbocycles. The highest BCUT2D eigenvalue weighted by Gasteiger charge is 2.70. The minimum Gasteiger partial charge on any atom is -0.285 e. The molecule has 1 aromatic heterocycles. The van der Waals surface area contributed by atoms with Crippen molar-refractivity contribution in [2.24, 2.45) is 0 Å². The second-order valence-corrected chi connectivity index (χ2v) is 10.8. The number of benzene rings is 4. The molecule has 7 rings (SSSR count). The first-order valence-corrected chi connectivity index (χ1v) is 13.3. The van der Waals surface area contributed by atoms with Crippen molar-refractivity contribution < 1.29 is 8.42 Å². The van der Waals surface area contributed by atoms with Crippen LogP contribution in [0.1, 0.15) is 0 Å². The molecule has 37 heavy (non-hydrogen) atoms. The number of fused-ring (bicyclic) bond motifs is 2. The number of anilines is 6. The van der Waals surface area contributed by atoms with Crippen LogP contribution in [0.25, 0.3) is 0 Å². The summed E-state index contributed by atoms with van der Waals surface area (Å²) in [5, 5.41) is -1.79. The van der Waals surface area contributed by atoms with Gasteiger partial charge in [-0.3, -0.25) is 14.7 Å². The molecular weight excluding hydrogens is 482 g/mol. The molecule has 7 nitrogen and oxygen atoms in total. The lowest BCUT2D eigenvalue weighted by molar-refractivity contribution is 0.536. The lowest BCUT2D eigenvalue weighted by Gasteiger charge is -2.46. The first kappa shape index (κ1) is 21.6. The Bertz CT molecular complexity index is 1590. The normalized spacial score (nSPS) is 16.6. The number of hydrogen-bond donors (Lipinski definition) is 0. The number of sulfone groups is 1. The summed E-state index contributed by atoms with van der Waals surface area (Å²) in [6.07, 6.45) is 3.19. The molecule has 0 unspecified atom stereocenters. The van der Waals surface area contributed by atoms with Gasteiger partial charge in [-0.05, 0) is 48.5 Å². The van der Waals surface area contributed by atoms with E-state index < -0.39 is 15.0 Å². The Hall–Kier alpha value is -4.69. The van der Waals surface area contributed by atoms with E-state index in [2.05, 4.69) is 0 Å². The van der Waals surface area contributed by atoms with Gasteiger partial charge in [0, 0.05) is 29.5 Å². The maximum absolute atomic E-state index is 15.0. The number of nitrogens with zero attached hydrogens (tertiary/aromatic N) is 5. The predicted molar refractivity (Wildman–Crippen MR) is 144 cm³/mol. The minimum absolute atomic E-state index is 0.244. The molecule has 180 valence electrons. The maximum atomic E-state index is 15.0. The van der Waals surface area contributed by atoms with Crippen LogP contribution in [0.15, 0.2) is 133 Å². The van der Waals surface area contributed by atoms with Crippen molar-refractivity contribution in [3.05, 3.63) is 128 Å². The molecule has 3 heterocycles. The molecule has 0 aliphatic carbocycles. The quantitative estimate of drug-likeness (QED) is 0.299. The van der Waals surface area contributed by atoms with Gasteiger partial charge < -0.3 is 0 Å². The molecule has 0 saturated heterocycles. The van der Waals surface area contributed by atoms with E-state index in [0.29, 0.717) is 28.7 Å². The van der Waals surface area contributed by atoms with Crippen molar-refractivity contribution in [2.45, 2.75) is 10.0 Å². The highest BCUT2D eigenvalue weighted by Crippen LogP contribution is 2.62. The third-order valence-corrected chi connectivity index (χ3v) is 8.95. The summed E-state index contributed by atoms with van der Waals surface area (Å²) in [5.74, 6) is 0.907. The minimum atomic E-state index is -4.11. The molecule has 2 aliphatic rings. The summed E-state index contributed by atoms with van der Waals surface area (Å²) in [7, 11) is -4.11. The van der Waals surface area contributed by atoms with Gasteiger partial charge >= 0.3 is 5.12 Å². The lowest BCUT2D eigenvalue weighted by atomic mass is 10.2. The van der Waals surface area contributed by atoms with Gasteiger partial charge in [0.2, 0.25) is 9.84 Å². The van der Waals surface area contributed by atoms with Gasteiger partial charge in [0.05, 0.1) is 10.6 Å². The van der Waals surface area contributed by atoms with Crippen LogP contribution in [0.4, 0.5) is 34.4 Å². The van der Waals surface area contributed by atoms with Gasteiger partial charge in [-0.1, -0.05) is 66.7 Å². The van der Waals surface area contributed by atoms with Gasteiger partial charge in [-0.25, -0.2) is 18.4 Å². The predicted octanol–water partition coefficient (Wildman–Crippen LogP) is 6.00. The van der Waals surface area contributed by atoms with Crippen molar-refractivity contribution in [1.82, 2.24) is 9.97 Å². The topological polar surface area (TPSA) is 69.6 Å². The van der Waals surface area contributed by atoms with Crippen molar-refractivity contribution in [1.29, 1.82) is 0 Å². The molecule has 5 aromatic rings. The van der Waals surface area contributed by atoms with Crippen LogP contribution in [-0.2, 0) is 9.84 Å². The summed E-state index contributed by atoms with van der Waals surface area (Å²) in [6.45, 7) is 0. The van der Waals surface area contributed by atoms with E-state index >= 15 is 8.42 Å². The van der Waals surface area contributed by atoms with Crippen molar-refractivity contribution in [2.75, 3.05) is 14.7 Å². The largest absolute Gasteiger partial charge is 0.319 e. The van der Waals surface area contributed by atoms with Crippen LogP contribution in [0.3, 0.4) is 0 Å². The highest BCUT2D eigenvalue weighted by atomic mass is 32.2. The van der Waals surface area contributed by atoms with E-state index in [9.17, 15) is 0 Å². The van der Waals surface area contributed by atoms with Crippen molar-refractivity contribution >= 4 is 44.2 Å². The molecule has 1 spiro atoms. The second-order valence-electron chi connectivity index (χ2n) is 8.76. The summed E-state index contributed by atoms with van der Waals surface area (Å²) in [4.78, 5) is 15.1. The first-order chi connectivity index (χ1) is 18.2. The maximum Gasteiger partial charge on any atom is 0.319 e. The lowest BCUT2D eigenvalue weighted by Crippen LogP contribution is -2.66. The van der Waals surface area contributed by atoms with Crippen molar-refractivity contribution in [3.63, 3.8) is 0 Å². The van der Waals surface area contributed by atoms with E-state index in [1.165, 1.54) is 0 Å². The Kier molecular flexibility index (Phi) is 4.61. The van der Waals surface area contributed by atoms with E-state index in [0.717, 1.165) is 5.69 Å². The molecule has 0 fully saturated rings. The smallest absolute Gasteiger partial charge is 0.285 e. The SMILES string of the molecule is O=S1(=O)c2ccccc2N(c2ccccc2)C12N(c1ccccc1)c1nccnc1N2c1ccccc1. The van der Waals surface area contributed by atoms with Gasteiger partial charge in [0.25, 0.3) is 0 Å². The van der Waals surface area contributed by atoms with Gasteiger partial charge in [-0.15, -0.1) is 0 Å². The number of hydrogen-bond acceptors (Lipinski definition) is 7. The second kappa shape index (κ2) is 7.91. The highest BCUT2D eigenvalue weighted by molar-refractivity contribution is 7.93. The number of rotatable bonds is 3. The standard InChI is InChI=1S/C29H21N5O2S/c35-37(36)26-19-11-10-18-25(26)32(22-12-4-1-5-13-22)29(37)33(23-14-6-2-7-15-23)27-28(31-21-20-30-27)34(29)24-16-8-3-9-17-24/h1-21H. The summed E-state index contributed by atoms with van der Waals surface area (Å²) in [5.41, 5.74) is 2.68. The Labute approximate surface area is 214 Å². The van der Waals surface area contributed by atoms with Crippen LogP contribution < -0.4 is 14.7 Å². The Morgan fingerprint density at radius 2 is 0.919 bits per heavy atom. The van der Waals surface area contributed by atoms with E-state index in [-0.39, 0.29) is 4.90 Å². The van der Waals surface area contributed by atoms with Crippen molar-refractivity contribution in [3.8, 4) is 0 Å². The van der Waals surface area contributed by atoms with Crippen LogP contribution in [0, 0.1) is 0 Å². The first-order valence-electron chi connectivity index (χ1n) is 11.9. The number of aromatic nitrogens is 2. The van der Waals surface area contributed by atoms with E-state index in [1.54, 1.807) is 34.3 Å². The molecule has 0 bridgehead atoms. The average molecular weight is 504 g/mol. The van der Waals surface area contributed by atoms with Crippen LogP contribution in [0.5, 0.6) is 0 Å². The molecule has 0 N–H and O–H groups in total. The zero-order valence-corrected chi connectivity index (χ0v) is 20.4. The monoisotopic (exact) mass is 503 g/mol. The molecule has 0 saturated carbocycles. The van der Waals surface area contributed by atoms with Gasteiger partial charge in [0.1, 0.15) is 0 Å². The molecule has 0 amide bonds. The zero-order chi connectivity index (χ0) is 25.0. The molecule has 0 atom stereocenters. The van der Waals surface area contributed by atoms with Gasteiger partial charge in [0.15, 0.2) is 11.6 Å². The van der Waals surface area contributed by atoms with Crippen LogP contribution in [0.2, 0.25) is 0 Å². The van der Waals surface area contributed by atoms with Crippen LogP contribution in [-0.4, -0.2) is 23.5 Å². The summed E-state index contributed by atoms with van der Waals surface area (Å²) >= 11 is 0. The molecular formula is C29H21N5O2S. The van der Waals surface area contributed by atoms with Gasteiger partial charge in [-0.2, -0.15) is 0 Å². The third kappa shape index (κ3) is 2.78. The molecule has 8 heteroatoms. The Morgan fingerprint density at radius 1 is 0.514 bits per heavy atom. The number of para-hydroxylation sites is 4. The third-order valence-electron chi connectivity index (χ3n) is 6.76. The average Bonchev–Trinajstić information content (AvgIpc) is 3.37. The van der Waals surface area contributed by atoms with E-state index in [4.69, 9.17) is 9.97 Å². The summed E-state index contributed by atoms with van der Waals surface area (Å²) in [6, 6.07) is 35.7. The zero-order valence-electron chi connectivity index (χ0n) is 19.6. The van der Waals surface area contributed by atoms with Crippen LogP contribution >= 0.6 is 0 Å². The fraction of sp³-hybridized carbons (Fsp3) is 0.0345. The summed E-state index contributed by atoms with van der Waals surface area (Å²) < 4.78 is 30.1.